The molecule has 0 aliphatic carbocycles. The topological polar surface area (TPSA) is 52.3 Å². The predicted molar refractivity (Wildman–Crippen MR) is 77.6 cm³/mol. The molecule has 100 valence electrons. The van der Waals surface area contributed by atoms with Gasteiger partial charge in [0.05, 0.1) is 5.38 Å². The van der Waals surface area contributed by atoms with Gasteiger partial charge in [-0.25, -0.2) is 4.79 Å². The first-order valence-corrected chi connectivity index (χ1v) is 7.70. The summed E-state index contributed by atoms with van der Waals surface area (Å²) in [4.78, 5) is 11.7. The number of ether oxygens (including phenoxy) is 1. The first-order chi connectivity index (χ1) is 8.58. The Morgan fingerprint density at radius 1 is 1.44 bits per heavy atom. The summed E-state index contributed by atoms with van der Waals surface area (Å²) in [6.45, 7) is 0. The maximum atomic E-state index is 11.7. The van der Waals surface area contributed by atoms with Gasteiger partial charge >= 0.3 is 5.97 Å². The van der Waals surface area contributed by atoms with E-state index in [1.54, 1.807) is 24.3 Å². The minimum atomic E-state index is -0.827. The summed E-state index contributed by atoms with van der Waals surface area (Å²) in [5.74, 6) is 0.939. The summed E-state index contributed by atoms with van der Waals surface area (Å²) in [6, 6.07) is 6.12. The summed E-state index contributed by atoms with van der Waals surface area (Å²) in [6.07, 6.45) is 1.90. The summed E-state index contributed by atoms with van der Waals surface area (Å²) in [5, 5.41) is -0.436. The number of rotatable bonds is 6. The van der Waals surface area contributed by atoms with E-state index < -0.39 is 17.4 Å². The Labute approximate surface area is 121 Å². The van der Waals surface area contributed by atoms with Crippen LogP contribution in [0.2, 0.25) is 0 Å². The molecule has 0 aromatic heterocycles. The molecule has 18 heavy (non-hydrogen) atoms. The lowest BCUT2D eigenvalue weighted by molar-refractivity contribution is -0.135. The van der Waals surface area contributed by atoms with Crippen molar-refractivity contribution in [1.29, 1.82) is 0 Å². The second kappa shape index (κ2) is 7.89. The van der Waals surface area contributed by atoms with Gasteiger partial charge < -0.3 is 10.5 Å². The number of benzene rings is 1. The van der Waals surface area contributed by atoms with E-state index in [0.29, 0.717) is 17.4 Å². The van der Waals surface area contributed by atoms with Crippen LogP contribution in [0.5, 0.6) is 5.75 Å². The van der Waals surface area contributed by atoms with E-state index in [-0.39, 0.29) is 0 Å². The first kappa shape index (κ1) is 15.6. The van der Waals surface area contributed by atoms with Crippen LogP contribution in [-0.4, -0.2) is 29.4 Å². The highest BCUT2D eigenvalue weighted by Crippen LogP contribution is 2.15. The van der Waals surface area contributed by atoms with Crippen LogP contribution in [0.25, 0.3) is 0 Å². The van der Waals surface area contributed by atoms with Crippen molar-refractivity contribution in [2.45, 2.75) is 17.3 Å². The number of esters is 1. The fourth-order valence-electron chi connectivity index (χ4n) is 1.24. The Balaban J connectivity index is 2.57. The molecule has 0 amide bonds. The molecule has 2 N–H and O–H groups in total. The number of hydrogen-bond acceptors (Lipinski definition) is 4. The van der Waals surface area contributed by atoms with E-state index >= 15 is 0 Å². The lowest BCUT2D eigenvalue weighted by Gasteiger charge is -2.15. The molecule has 0 fully saturated rings. The smallest absolute Gasteiger partial charge is 0.329 e. The average Bonchev–Trinajstić information content (AvgIpc) is 2.39. The minimum Gasteiger partial charge on any atom is -0.425 e. The Kier molecular flexibility index (Phi) is 6.86. The van der Waals surface area contributed by atoms with Gasteiger partial charge in [0.2, 0.25) is 0 Å². The quantitative estimate of drug-likeness (QED) is 0.499. The molecule has 2 unspecified atom stereocenters. The third-order valence-electron chi connectivity index (χ3n) is 2.28. The molecule has 0 aliphatic heterocycles. The van der Waals surface area contributed by atoms with Crippen LogP contribution in [0.4, 0.5) is 0 Å². The molecule has 0 saturated carbocycles. The van der Waals surface area contributed by atoms with Crippen LogP contribution in [0.15, 0.2) is 24.3 Å². The Morgan fingerprint density at radius 3 is 2.56 bits per heavy atom. The maximum Gasteiger partial charge on any atom is 0.329 e. The molecule has 0 radical (unpaired) electrons. The van der Waals surface area contributed by atoms with Crippen molar-refractivity contribution in [2.24, 2.45) is 5.73 Å². The zero-order valence-corrected chi connectivity index (χ0v) is 12.3. The fourth-order valence-corrected chi connectivity index (χ4v) is 2.43. The van der Waals surface area contributed by atoms with E-state index in [9.17, 15) is 4.79 Å². The standard InChI is InChI=1S/C12H15Cl2NO2S/c1-18-7-10(14)11(15)12(16)17-9-4-2-8(6-13)3-5-9/h2-5,10-11H,6-7,15H2,1H3. The summed E-state index contributed by atoms with van der Waals surface area (Å²) < 4.78 is 5.14. The fraction of sp³-hybridized carbons (Fsp3) is 0.417. The summed E-state index contributed by atoms with van der Waals surface area (Å²) in [5.41, 5.74) is 6.67. The molecule has 0 bridgehead atoms. The molecular formula is C12H15Cl2NO2S. The Bertz CT molecular complexity index is 386. The van der Waals surface area contributed by atoms with Crippen molar-refractivity contribution in [2.75, 3.05) is 12.0 Å². The number of hydrogen-bond donors (Lipinski definition) is 1. The number of halogens is 2. The molecule has 0 saturated heterocycles. The van der Waals surface area contributed by atoms with Crippen molar-refractivity contribution in [3.63, 3.8) is 0 Å². The molecule has 6 heteroatoms. The second-order valence-corrected chi connectivity index (χ2v) is 5.43. The number of thioether (sulfide) groups is 1. The van der Waals surface area contributed by atoms with Gasteiger partial charge in [0.1, 0.15) is 11.8 Å². The molecule has 1 aromatic rings. The SMILES string of the molecule is CSCC(Cl)C(N)C(=O)Oc1ccc(CCl)cc1. The third kappa shape index (κ3) is 4.69. The predicted octanol–water partition coefficient (Wildman–Crippen LogP) is 2.63. The van der Waals surface area contributed by atoms with E-state index in [1.807, 2.05) is 6.26 Å². The second-order valence-electron chi connectivity index (χ2n) is 3.70. The summed E-state index contributed by atoms with van der Waals surface area (Å²) >= 11 is 13.2. The van der Waals surface area contributed by atoms with E-state index in [2.05, 4.69) is 0 Å². The van der Waals surface area contributed by atoms with Crippen molar-refractivity contribution < 1.29 is 9.53 Å². The van der Waals surface area contributed by atoms with Crippen LogP contribution in [0.3, 0.4) is 0 Å². The lowest BCUT2D eigenvalue weighted by atomic mass is 10.2. The molecular weight excluding hydrogens is 293 g/mol. The van der Waals surface area contributed by atoms with Crippen LogP contribution in [0.1, 0.15) is 5.56 Å². The molecule has 1 rings (SSSR count). The number of carbonyl (C=O) groups is 1. The minimum absolute atomic E-state index is 0.422. The van der Waals surface area contributed by atoms with Gasteiger partial charge in [0.15, 0.2) is 0 Å². The third-order valence-corrected chi connectivity index (χ3v) is 3.89. The van der Waals surface area contributed by atoms with E-state index in [1.165, 1.54) is 11.8 Å². The average molecular weight is 308 g/mol. The van der Waals surface area contributed by atoms with Crippen LogP contribution in [-0.2, 0) is 10.7 Å². The van der Waals surface area contributed by atoms with Gasteiger partial charge in [0, 0.05) is 11.6 Å². The molecule has 2 atom stereocenters. The highest BCUT2D eigenvalue weighted by molar-refractivity contribution is 7.98. The zero-order chi connectivity index (χ0) is 13.5. The molecule has 0 spiro atoms. The van der Waals surface area contributed by atoms with Crippen LogP contribution >= 0.6 is 35.0 Å². The van der Waals surface area contributed by atoms with Crippen LogP contribution in [0, 0.1) is 0 Å². The summed E-state index contributed by atoms with van der Waals surface area (Å²) in [7, 11) is 0. The van der Waals surface area contributed by atoms with Gasteiger partial charge in [-0.2, -0.15) is 11.8 Å². The normalized spacial score (nSPS) is 14.0. The highest BCUT2D eigenvalue weighted by atomic mass is 35.5. The Hall–Kier alpha value is -0.420. The highest BCUT2D eigenvalue weighted by Gasteiger charge is 2.24. The van der Waals surface area contributed by atoms with Crippen molar-refractivity contribution >= 4 is 40.9 Å². The largest absolute Gasteiger partial charge is 0.425 e. The number of alkyl halides is 2. The van der Waals surface area contributed by atoms with Crippen molar-refractivity contribution in [3.05, 3.63) is 29.8 Å². The molecule has 0 aliphatic rings. The van der Waals surface area contributed by atoms with Gasteiger partial charge in [-0.1, -0.05) is 12.1 Å². The van der Waals surface area contributed by atoms with Crippen molar-refractivity contribution in [3.8, 4) is 5.75 Å². The first-order valence-electron chi connectivity index (χ1n) is 5.33. The van der Waals surface area contributed by atoms with E-state index in [0.717, 1.165) is 5.56 Å². The Morgan fingerprint density at radius 2 is 2.06 bits per heavy atom. The van der Waals surface area contributed by atoms with Gasteiger partial charge in [0.25, 0.3) is 0 Å². The van der Waals surface area contributed by atoms with Gasteiger partial charge in [-0.15, -0.1) is 23.2 Å². The van der Waals surface area contributed by atoms with E-state index in [4.69, 9.17) is 33.7 Å². The van der Waals surface area contributed by atoms with Gasteiger partial charge in [-0.3, -0.25) is 0 Å². The number of carbonyl (C=O) groups excluding carboxylic acids is 1. The maximum absolute atomic E-state index is 11.7. The number of nitrogens with two attached hydrogens (primary N) is 1. The molecule has 3 nitrogen and oxygen atoms in total. The molecule has 0 heterocycles. The monoisotopic (exact) mass is 307 g/mol. The van der Waals surface area contributed by atoms with Crippen LogP contribution < -0.4 is 10.5 Å². The van der Waals surface area contributed by atoms with Crippen molar-refractivity contribution in [1.82, 2.24) is 0 Å². The lowest BCUT2D eigenvalue weighted by Crippen LogP contribution is -2.42. The van der Waals surface area contributed by atoms with Gasteiger partial charge in [-0.05, 0) is 24.0 Å². The molecule has 1 aromatic carbocycles. The zero-order valence-electron chi connectivity index (χ0n) is 9.94.